The van der Waals surface area contributed by atoms with Crippen LogP contribution in [0.5, 0.6) is 0 Å². The monoisotopic (exact) mass is 436 g/mol. The van der Waals surface area contributed by atoms with E-state index in [0.29, 0.717) is 27.2 Å². The lowest BCUT2D eigenvalue weighted by atomic mass is 9.89. The number of nitro benzene ring substituents is 1. The molecule has 0 saturated carbocycles. The van der Waals surface area contributed by atoms with Crippen molar-refractivity contribution in [2.24, 2.45) is 0 Å². The maximum atomic E-state index is 12.9. The molecule has 28 heavy (non-hydrogen) atoms. The van der Waals surface area contributed by atoms with E-state index in [-0.39, 0.29) is 12.1 Å². The van der Waals surface area contributed by atoms with Gasteiger partial charge in [0.25, 0.3) is 5.69 Å². The number of carbonyl (C=O) groups excluding carboxylic acids is 1. The number of hydrogen-bond donors (Lipinski definition) is 0. The van der Waals surface area contributed by atoms with E-state index in [9.17, 15) is 14.9 Å². The molecule has 0 aromatic heterocycles. The molecule has 0 N–H and O–H groups in total. The summed E-state index contributed by atoms with van der Waals surface area (Å²) in [5, 5.41) is 12.1. The number of nitrogens with zero attached hydrogens (tertiary/aromatic N) is 2. The molecule has 2 aromatic carbocycles. The first kappa shape index (κ1) is 20.6. The maximum Gasteiger partial charge on any atom is 0.332 e. The van der Waals surface area contributed by atoms with Crippen LogP contribution >= 0.6 is 35.6 Å². The van der Waals surface area contributed by atoms with Gasteiger partial charge in [-0.25, -0.2) is 4.79 Å². The van der Waals surface area contributed by atoms with Crippen LogP contribution in [0, 0.1) is 10.1 Å². The Bertz CT molecular complexity index is 922. The van der Waals surface area contributed by atoms with Crippen LogP contribution in [0.3, 0.4) is 0 Å². The molecule has 1 fully saturated rings. The Morgan fingerprint density at radius 3 is 2.64 bits per heavy atom. The van der Waals surface area contributed by atoms with Crippen LogP contribution in [0.2, 0.25) is 5.02 Å². The number of benzene rings is 2. The minimum atomic E-state index is -1.12. The van der Waals surface area contributed by atoms with Crippen LogP contribution in [-0.2, 0) is 22.5 Å². The van der Waals surface area contributed by atoms with Gasteiger partial charge in [0, 0.05) is 35.4 Å². The summed E-state index contributed by atoms with van der Waals surface area (Å²) >= 11 is 12.8. The molecule has 0 spiro atoms. The lowest BCUT2D eigenvalue weighted by Gasteiger charge is -2.36. The third-order valence-corrected chi connectivity index (χ3v) is 6.58. The van der Waals surface area contributed by atoms with E-state index in [1.54, 1.807) is 35.2 Å². The average molecular weight is 437 g/mol. The van der Waals surface area contributed by atoms with Crippen LogP contribution in [-0.4, -0.2) is 38.5 Å². The number of esters is 1. The van der Waals surface area contributed by atoms with E-state index >= 15 is 0 Å². The summed E-state index contributed by atoms with van der Waals surface area (Å²) in [6.45, 7) is 0.374. The zero-order valence-electron chi connectivity index (χ0n) is 15.0. The lowest BCUT2D eigenvalue weighted by molar-refractivity contribution is -0.385. The molecule has 1 unspecified atom stereocenters. The number of para-hydroxylation sites is 1. The van der Waals surface area contributed by atoms with E-state index in [1.807, 2.05) is 12.1 Å². The van der Waals surface area contributed by atoms with Crippen LogP contribution in [0.15, 0.2) is 48.5 Å². The fourth-order valence-corrected chi connectivity index (χ4v) is 4.91. The van der Waals surface area contributed by atoms with Gasteiger partial charge in [0.05, 0.1) is 12.0 Å². The van der Waals surface area contributed by atoms with E-state index in [0.717, 1.165) is 5.56 Å². The first-order valence-corrected chi connectivity index (χ1v) is 10.1. The average Bonchev–Trinajstić information content (AvgIpc) is 3.00. The highest BCUT2D eigenvalue weighted by Gasteiger charge is 2.52. The summed E-state index contributed by atoms with van der Waals surface area (Å²) in [4.78, 5) is 25.7. The van der Waals surface area contributed by atoms with E-state index in [2.05, 4.69) is 0 Å². The highest BCUT2D eigenvalue weighted by atomic mass is 35.5. The third-order valence-electron chi connectivity index (χ3n) is 4.66. The van der Waals surface area contributed by atoms with Crippen LogP contribution in [0.4, 0.5) is 5.69 Å². The van der Waals surface area contributed by atoms with Crippen LogP contribution < -0.4 is 0 Å². The summed E-state index contributed by atoms with van der Waals surface area (Å²) in [5.41, 5.74) is 0.233. The molecular formula is C19H17ClN2O4S2. The highest BCUT2D eigenvalue weighted by Crippen LogP contribution is 2.39. The molecule has 0 radical (unpaired) electrons. The predicted octanol–water partition coefficient (Wildman–Crippen LogP) is 4.24. The van der Waals surface area contributed by atoms with Gasteiger partial charge in [-0.2, -0.15) is 0 Å². The van der Waals surface area contributed by atoms with E-state index < -0.39 is 16.4 Å². The minimum Gasteiger partial charge on any atom is -0.467 e. The smallest absolute Gasteiger partial charge is 0.332 e. The zero-order valence-corrected chi connectivity index (χ0v) is 17.4. The Hall–Kier alpha value is -2.16. The number of carbonyl (C=O) groups is 1. The Labute approximate surface area is 177 Å². The van der Waals surface area contributed by atoms with Crippen molar-refractivity contribution < 1.29 is 14.5 Å². The molecule has 0 aliphatic carbocycles. The van der Waals surface area contributed by atoms with Gasteiger partial charge in [-0.15, -0.1) is 0 Å². The molecule has 1 heterocycles. The third kappa shape index (κ3) is 3.99. The van der Waals surface area contributed by atoms with E-state index in [1.165, 1.54) is 24.9 Å². The number of nitro groups is 1. The Balaban J connectivity index is 2.02. The molecular weight excluding hydrogens is 420 g/mol. The summed E-state index contributed by atoms with van der Waals surface area (Å²) in [5.74, 6) is -0.107. The number of rotatable bonds is 6. The Kier molecular flexibility index (Phi) is 6.22. The predicted molar refractivity (Wildman–Crippen MR) is 114 cm³/mol. The van der Waals surface area contributed by atoms with Gasteiger partial charge in [-0.3, -0.25) is 10.1 Å². The SMILES string of the molecule is COC(=O)C1(Cc2ccccc2[N+](=O)[O-])CSC(=S)N1Cc1ccc(Cl)cc1. The topological polar surface area (TPSA) is 72.7 Å². The first-order valence-electron chi connectivity index (χ1n) is 8.37. The number of halogens is 1. The molecule has 9 heteroatoms. The molecule has 146 valence electrons. The normalized spacial score (nSPS) is 18.9. The summed E-state index contributed by atoms with van der Waals surface area (Å²) in [7, 11) is 1.32. The van der Waals surface area contributed by atoms with Crippen molar-refractivity contribution in [2.45, 2.75) is 18.5 Å². The van der Waals surface area contributed by atoms with Gasteiger partial charge >= 0.3 is 5.97 Å². The van der Waals surface area contributed by atoms with Crippen LogP contribution in [0.25, 0.3) is 0 Å². The highest BCUT2D eigenvalue weighted by molar-refractivity contribution is 8.23. The van der Waals surface area contributed by atoms with Gasteiger partial charge in [0.2, 0.25) is 0 Å². The first-order chi connectivity index (χ1) is 13.4. The molecule has 2 aromatic rings. The van der Waals surface area contributed by atoms with Crippen molar-refractivity contribution in [3.63, 3.8) is 0 Å². The second-order valence-electron chi connectivity index (χ2n) is 6.35. The second kappa shape index (κ2) is 8.46. The van der Waals surface area contributed by atoms with Gasteiger partial charge in [0.1, 0.15) is 4.32 Å². The lowest BCUT2D eigenvalue weighted by Crippen LogP contribution is -2.55. The van der Waals surface area contributed by atoms with Crippen molar-refractivity contribution in [1.29, 1.82) is 0 Å². The van der Waals surface area contributed by atoms with Gasteiger partial charge in [0.15, 0.2) is 5.54 Å². The molecule has 3 rings (SSSR count). The molecule has 0 amide bonds. The quantitative estimate of drug-likeness (QED) is 0.290. The van der Waals surface area contributed by atoms with Crippen molar-refractivity contribution in [1.82, 2.24) is 4.90 Å². The Morgan fingerprint density at radius 1 is 1.32 bits per heavy atom. The zero-order chi connectivity index (χ0) is 20.3. The fourth-order valence-electron chi connectivity index (χ4n) is 3.23. The molecule has 0 bridgehead atoms. The minimum absolute atomic E-state index is 0.0277. The number of hydrogen-bond acceptors (Lipinski definition) is 6. The largest absolute Gasteiger partial charge is 0.467 e. The van der Waals surface area contributed by atoms with E-state index in [4.69, 9.17) is 28.6 Å². The fraction of sp³-hybridized carbons (Fsp3) is 0.263. The van der Waals surface area contributed by atoms with Crippen molar-refractivity contribution in [3.05, 3.63) is 74.8 Å². The Morgan fingerprint density at radius 2 is 2.00 bits per heavy atom. The number of thiocarbonyl (C=S) groups is 1. The second-order valence-corrected chi connectivity index (χ2v) is 8.40. The standard InChI is InChI=1S/C19H17ClN2O4S2/c1-26-17(23)19(10-14-4-2-3-5-16(14)22(24)25)12-28-18(27)21(19)11-13-6-8-15(20)9-7-13/h2-9H,10-12H2,1H3. The molecule has 1 atom stereocenters. The van der Waals surface area contributed by atoms with Crippen molar-refractivity contribution in [3.8, 4) is 0 Å². The molecule has 6 nitrogen and oxygen atoms in total. The van der Waals surface area contributed by atoms with Gasteiger partial charge in [-0.05, 0) is 17.7 Å². The maximum absolute atomic E-state index is 12.9. The van der Waals surface area contributed by atoms with Gasteiger partial charge < -0.3 is 9.64 Å². The van der Waals surface area contributed by atoms with Crippen molar-refractivity contribution >= 4 is 51.6 Å². The number of methoxy groups -OCH3 is 1. The van der Waals surface area contributed by atoms with Crippen LogP contribution in [0.1, 0.15) is 11.1 Å². The summed E-state index contributed by atoms with van der Waals surface area (Å²) in [6, 6.07) is 13.7. The summed E-state index contributed by atoms with van der Waals surface area (Å²) in [6.07, 6.45) is 0.123. The molecule has 1 aliphatic rings. The summed E-state index contributed by atoms with van der Waals surface area (Å²) < 4.78 is 5.66. The molecule has 1 saturated heterocycles. The van der Waals surface area contributed by atoms with Crippen molar-refractivity contribution in [2.75, 3.05) is 12.9 Å². The number of ether oxygens (including phenoxy) is 1. The number of thioether (sulfide) groups is 1. The molecule has 1 aliphatic heterocycles. The van der Waals surface area contributed by atoms with Gasteiger partial charge in [-0.1, -0.05) is 65.9 Å².